The maximum Gasteiger partial charge on any atom is 0.0426 e. The molecule has 0 aliphatic heterocycles. The summed E-state index contributed by atoms with van der Waals surface area (Å²) < 4.78 is 1.24. The maximum absolute atomic E-state index is 8.74. The van der Waals surface area contributed by atoms with Gasteiger partial charge in [0.05, 0.1) is 0 Å². The van der Waals surface area contributed by atoms with Crippen LogP contribution in [-0.2, 0) is 25.3 Å². The molecule has 5 aromatic rings. The third-order valence-electron chi connectivity index (χ3n) is 5.28. The van der Waals surface area contributed by atoms with Gasteiger partial charge in [-0.2, -0.15) is 5.56 Å². The summed E-state index contributed by atoms with van der Waals surface area (Å²) in [6.45, 7) is 4.24. The van der Waals surface area contributed by atoms with Crippen molar-refractivity contribution < 1.29 is 24.0 Å². The normalized spacial score (nSPS) is 10.4. The number of benzene rings is 3. The standard InChI is InChI=1S/C13H9.C12H13O.C3H6.2ClH.Zr/c1-3-7-12-10(5-1)9-11-6-2-4-8-13(11)12;13-9-3-5-11-8-7-10-4-1-2-6-12(10)11;1-3-2;;;/h1-9H;1-2,4,6-8,13H,3,5,9H2;1-2H3;2*1H;/q2*-1;;;;+2/p-2. The average molecular weight is 543 g/mol. The zero-order chi connectivity index (χ0) is 22.9. The topological polar surface area (TPSA) is 20.2 Å². The molecule has 0 bridgehead atoms. The third kappa shape index (κ3) is 6.72. The number of hydrogen-bond donors (Lipinski definition) is 1. The first-order valence-electron chi connectivity index (χ1n) is 10.8. The van der Waals surface area contributed by atoms with Crippen LogP contribution in [0.25, 0.3) is 32.3 Å². The van der Waals surface area contributed by atoms with Gasteiger partial charge in [0.1, 0.15) is 0 Å². The van der Waals surface area contributed by atoms with Crippen LogP contribution in [0.1, 0.15) is 25.8 Å². The Kier molecular flexibility index (Phi) is 9.88. The van der Waals surface area contributed by atoms with E-state index < -0.39 is 18.9 Å². The first-order valence-corrected chi connectivity index (χ1v) is 18.3. The number of halogens is 2. The first kappa shape index (κ1) is 25.1. The number of hydrogen-bond acceptors (Lipinski definition) is 1. The predicted octanol–water partition coefficient (Wildman–Crippen LogP) is 8.32. The Bertz CT molecular complexity index is 1240. The molecule has 1 nitrogen and oxygen atoms in total. The molecule has 166 valence electrons. The number of aliphatic hydroxyl groups excluding tert-OH is 1. The van der Waals surface area contributed by atoms with E-state index in [-0.39, 0.29) is 6.61 Å². The van der Waals surface area contributed by atoms with Crippen LogP contribution in [0.4, 0.5) is 0 Å². The Morgan fingerprint density at radius 2 is 1.25 bits per heavy atom. The van der Waals surface area contributed by atoms with E-state index in [4.69, 9.17) is 22.1 Å². The molecule has 5 aromatic carbocycles. The minimum absolute atomic E-state index is 0.277. The van der Waals surface area contributed by atoms with Gasteiger partial charge in [-0.15, -0.1) is 80.8 Å². The van der Waals surface area contributed by atoms with E-state index in [2.05, 4.69) is 91.0 Å². The van der Waals surface area contributed by atoms with E-state index in [1.54, 1.807) is 0 Å². The maximum atomic E-state index is 8.74. The van der Waals surface area contributed by atoms with Crippen molar-refractivity contribution in [3.05, 3.63) is 96.6 Å². The molecular weight excluding hydrogens is 514 g/mol. The van der Waals surface area contributed by atoms with Crippen molar-refractivity contribution >= 4 is 52.5 Å². The summed E-state index contributed by atoms with van der Waals surface area (Å²) in [4.78, 5) is 0. The van der Waals surface area contributed by atoms with Gasteiger partial charge in [-0.1, -0.05) is 48.9 Å². The first-order chi connectivity index (χ1) is 15.5. The molecule has 0 saturated heterocycles. The molecule has 4 heteroatoms. The quantitative estimate of drug-likeness (QED) is 0.227. The number of rotatable bonds is 3. The molecule has 0 aliphatic carbocycles. The van der Waals surface area contributed by atoms with E-state index in [1.807, 2.05) is 13.8 Å². The van der Waals surface area contributed by atoms with E-state index in [9.17, 15) is 0 Å². The van der Waals surface area contributed by atoms with Gasteiger partial charge < -0.3 is 5.11 Å². The molecule has 0 fully saturated rings. The number of aryl methyl sites for hydroxylation is 1. The molecule has 0 aliphatic rings. The van der Waals surface area contributed by atoms with Crippen molar-refractivity contribution in [1.82, 2.24) is 0 Å². The van der Waals surface area contributed by atoms with Gasteiger partial charge in [-0.3, -0.25) is 0 Å². The van der Waals surface area contributed by atoms with Gasteiger partial charge in [-0.05, 0) is 6.42 Å². The second kappa shape index (κ2) is 12.6. The van der Waals surface area contributed by atoms with Gasteiger partial charge in [-0.25, -0.2) is 0 Å². The number of fused-ring (bicyclic) bond motifs is 4. The SMILES string of the molecule is C[C](C)=[Zr]([Cl])[Cl].OCCCc1c[cH-]c2ccccc12.c1ccc2c(c1)[cH-]c1ccccc12. The summed E-state index contributed by atoms with van der Waals surface area (Å²) in [5.41, 5.74) is 1.35. The van der Waals surface area contributed by atoms with Crippen LogP contribution >= 0.6 is 17.0 Å². The molecule has 0 heterocycles. The molecule has 32 heavy (non-hydrogen) atoms. The molecule has 0 spiro atoms. The summed E-state index contributed by atoms with van der Waals surface area (Å²) in [7, 11) is 11.1. The Balaban J connectivity index is 0.000000146. The summed E-state index contributed by atoms with van der Waals surface area (Å²) in [6, 6.07) is 31.9. The van der Waals surface area contributed by atoms with Gasteiger partial charge in [0.15, 0.2) is 0 Å². The minimum Gasteiger partial charge on any atom is -0.396 e. The van der Waals surface area contributed by atoms with Gasteiger partial charge in [0.25, 0.3) is 0 Å². The van der Waals surface area contributed by atoms with Crippen molar-refractivity contribution in [1.29, 1.82) is 0 Å². The molecule has 1 N–H and O–H groups in total. The van der Waals surface area contributed by atoms with Crippen LogP contribution in [0, 0.1) is 0 Å². The van der Waals surface area contributed by atoms with E-state index in [0.717, 1.165) is 12.8 Å². The van der Waals surface area contributed by atoms with Gasteiger partial charge >= 0.3 is 53.0 Å². The fourth-order valence-corrected chi connectivity index (χ4v) is 3.61. The summed E-state index contributed by atoms with van der Waals surface area (Å²) in [6.07, 6.45) is 1.83. The third-order valence-corrected chi connectivity index (χ3v) is 11.6. The molecule has 5 rings (SSSR count). The Labute approximate surface area is 205 Å². The summed E-state index contributed by atoms with van der Waals surface area (Å²) >= 11 is -1.84. The van der Waals surface area contributed by atoms with E-state index in [1.165, 1.54) is 41.1 Å². The van der Waals surface area contributed by atoms with Crippen molar-refractivity contribution in [3.8, 4) is 0 Å². The zero-order valence-corrected chi connectivity index (χ0v) is 22.5. The molecular formula is C28H28Cl2OZr-2. The van der Waals surface area contributed by atoms with Crippen molar-refractivity contribution in [2.45, 2.75) is 26.7 Å². The summed E-state index contributed by atoms with van der Waals surface area (Å²) in [5.74, 6) is 0. The Morgan fingerprint density at radius 1 is 0.781 bits per heavy atom. The fourth-order valence-electron chi connectivity index (χ4n) is 3.61. The Morgan fingerprint density at radius 3 is 1.75 bits per heavy atom. The van der Waals surface area contributed by atoms with Gasteiger partial charge in [0, 0.05) is 6.61 Å². The molecule has 0 saturated carbocycles. The van der Waals surface area contributed by atoms with Crippen molar-refractivity contribution in [2.24, 2.45) is 0 Å². The van der Waals surface area contributed by atoms with Crippen LogP contribution < -0.4 is 0 Å². The molecule has 0 atom stereocenters. The summed E-state index contributed by atoms with van der Waals surface area (Å²) in [5, 5.41) is 16.8. The minimum atomic E-state index is -1.84. The van der Waals surface area contributed by atoms with Crippen LogP contribution in [0.15, 0.2) is 91.0 Å². The van der Waals surface area contributed by atoms with E-state index >= 15 is 0 Å². The van der Waals surface area contributed by atoms with Crippen molar-refractivity contribution in [3.63, 3.8) is 0 Å². The second-order valence-electron chi connectivity index (χ2n) is 7.85. The van der Waals surface area contributed by atoms with E-state index in [0.29, 0.717) is 0 Å². The largest absolute Gasteiger partial charge is 0.396 e. The van der Waals surface area contributed by atoms with Gasteiger partial charge in [0.2, 0.25) is 0 Å². The van der Waals surface area contributed by atoms with Crippen LogP contribution in [0.3, 0.4) is 0 Å². The van der Waals surface area contributed by atoms with Crippen LogP contribution in [-0.4, -0.2) is 14.9 Å². The van der Waals surface area contributed by atoms with Crippen molar-refractivity contribution in [2.75, 3.05) is 6.61 Å². The van der Waals surface area contributed by atoms with Crippen LogP contribution in [0.2, 0.25) is 0 Å². The van der Waals surface area contributed by atoms with Crippen LogP contribution in [0.5, 0.6) is 0 Å². The predicted molar refractivity (Wildman–Crippen MR) is 140 cm³/mol. The molecule has 0 unspecified atom stereocenters. The number of aliphatic hydroxyl groups is 1. The molecule has 0 amide bonds. The molecule has 0 aromatic heterocycles. The molecule has 0 radical (unpaired) electrons. The monoisotopic (exact) mass is 540 g/mol. The second-order valence-corrected chi connectivity index (χ2v) is 17.2. The smallest absolute Gasteiger partial charge is 0.0426 e. The fraction of sp³-hybridized carbons (Fsp3) is 0.179. The Hall–Kier alpha value is -1.57. The average Bonchev–Trinajstić information content (AvgIpc) is 3.40. The zero-order valence-electron chi connectivity index (χ0n) is 18.5.